The van der Waals surface area contributed by atoms with E-state index in [1.54, 1.807) is 11.1 Å². The number of hydrogen-bond donors (Lipinski definition) is 1. The molecule has 0 radical (unpaired) electrons. The van der Waals surface area contributed by atoms with Gasteiger partial charge in [-0.3, -0.25) is 19.2 Å². The molecule has 0 saturated heterocycles. The number of amides is 2. The second-order valence-electron chi connectivity index (χ2n) is 12.1. The summed E-state index contributed by atoms with van der Waals surface area (Å²) in [6, 6.07) is 15.6. The van der Waals surface area contributed by atoms with Crippen molar-refractivity contribution in [2.75, 3.05) is 13.1 Å². The van der Waals surface area contributed by atoms with Gasteiger partial charge in [0.1, 0.15) is 6.61 Å². The van der Waals surface area contributed by atoms with E-state index in [9.17, 15) is 14.4 Å². The lowest BCUT2D eigenvalue weighted by Gasteiger charge is -2.20. The molecule has 0 atom stereocenters. The number of hydrogen-bond acceptors (Lipinski definition) is 4. The highest BCUT2D eigenvalue weighted by Crippen LogP contribution is 2.44. The third-order valence-corrected chi connectivity index (χ3v) is 9.28. The van der Waals surface area contributed by atoms with E-state index in [0.29, 0.717) is 41.8 Å². The van der Waals surface area contributed by atoms with Crippen LogP contribution in [-0.4, -0.2) is 36.3 Å². The summed E-state index contributed by atoms with van der Waals surface area (Å²) in [4.78, 5) is 45.2. The fourth-order valence-corrected chi connectivity index (χ4v) is 7.08. The summed E-state index contributed by atoms with van der Waals surface area (Å²) in [6.45, 7) is 5.55. The fourth-order valence-electron chi connectivity index (χ4n) is 7.08. The molecule has 44 heavy (non-hydrogen) atoms. The number of benzene rings is 5. The Morgan fingerprint density at radius 2 is 1.34 bits per heavy atom. The number of carbonyl (C=O) groups excluding carboxylic acids is 3. The molecule has 0 fully saturated rings. The molecule has 0 spiro atoms. The summed E-state index contributed by atoms with van der Waals surface area (Å²) < 4.78 is 0. The van der Waals surface area contributed by atoms with Crippen LogP contribution in [0.25, 0.3) is 43.1 Å². The van der Waals surface area contributed by atoms with E-state index in [-0.39, 0.29) is 11.8 Å². The Hall–Kier alpha value is -4.03. The van der Waals surface area contributed by atoms with Crippen molar-refractivity contribution in [3.8, 4) is 0 Å². The SMILES string of the molecule is CCCCCCCCCCCCN1OCc2ccc3c4ccc(C=O)c5c(C(=O)NCC)ccc(c6ccc(c2c36)C1=O)c54. The van der Waals surface area contributed by atoms with E-state index in [0.717, 1.165) is 62.4 Å². The van der Waals surface area contributed by atoms with Crippen LogP contribution < -0.4 is 5.32 Å². The van der Waals surface area contributed by atoms with Crippen LogP contribution in [0, 0.1) is 0 Å². The standard InChI is InChI=1S/C38H42N2O4/c1-3-5-6-7-8-9-10-11-12-13-22-40-38(43)32-21-19-30-29-18-20-31(37(42)39-4-2)33-25(23-41)14-16-27(35(29)33)28-17-15-26(24-44-40)34(32)36(28)30/h14-21,23H,3-13,22,24H2,1-2H3,(H,39,42). The van der Waals surface area contributed by atoms with Crippen LogP contribution in [0.2, 0.25) is 0 Å². The molecule has 5 aromatic carbocycles. The van der Waals surface area contributed by atoms with Crippen LogP contribution in [0.5, 0.6) is 0 Å². The summed E-state index contributed by atoms with van der Waals surface area (Å²) in [7, 11) is 0. The molecule has 0 aliphatic carbocycles. The number of fused-ring (bicyclic) bond motifs is 2. The molecular formula is C38H42N2O4. The first-order valence-corrected chi connectivity index (χ1v) is 16.5. The maximum absolute atomic E-state index is 13.9. The maximum atomic E-state index is 13.9. The smallest absolute Gasteiger partial charge is 0.278 e. The lowest BCUT2D eigenvalue weighted by molar-refractivity contribution is -0.132. The van der Waals surface area contributed by atoms with Crippen molar-refractivity contribution < 1.29 is 19.2 Å². The summed E-state index contributed by atoms with van der Waals surface area (Å²) in [5, 5.41) is 11.9. The highest BCUT2D eigenvalue weighted by molar-refractivity contribution is 6.37. The van der Waals surface area contributed by atoms with E-state index in [1.165, 1.54) is 51.4 Å². The highest BCUT2D eigenvalue weighted by atomic mass is 16.7. The van der Waals surface area contributed by atoms with Crippen LogP contribution in [-0.2, 0) is 11.4 Å². The van der Waals surface area contributed by atoms with Gasteiger partial charge < -0.3 is 5.32 Å². The third kappa shape index (κ3) is 5.41. The van der Waals surface area contributed by atoms with Crippen LogP contribution in [0.1, 0.15) is 115 Å². The van der Waals surface area contributed by atoms with Crippen LogP contribution in [0.4, 0.5) is 0 Å². The van der Waals surface area contributed by atoms with Crippen molar-refractivity contribution in [2.24, 2.45) is 0 Å². The minimum absolute atomic E-state index is 0.0952. The van der Waals surface area contributed by atoms with Crippen molar-refractivity contribution in [1.29, 1.82) is 0 Å². The van der Waals surface area contributed by atoms with Gasteiger partial charge in [-0.1, -0.05) is 101 Å². The Balaban J connectivity index is 1.32. The molecule has 0 bridgehead atoms. The minimum atomic E-state index is -0.197. The quantitative estimate of drug-likeness (QED) is 0.0606. The number of aldehydes is 1. The summed E-state index contributed by atoms with van der Waals surface area (Å²) in [6.07, 6.45) is 13.2. The Labute approximate surface area is 259 Å². The van der Waals surface area contributed by atoms with Gasteiger partial charge in [-0.2, -0.15) is 0 Å². The largest absolute Gasteiger partial charge is 0.352 e. The molecule has 0 saturated carbocycles. The molecule has 1 aliphatic heterocycles. The molecular weight excluding hydrogens is 548 g/mol. The van der Waals surface area contributed by atoms with E-state index in [4.69, 9.17) is 4.84 Å². The van der Waals surface area contributed by atoms with Crippen LogP contribution >= 0.6 is 0 Å². The van der Waals surface area contributed by atoms with E-state index in [1.807, 2.05) is 37.3 Å². The second kappa shape index (κ2) is 13.3. The topological polar surface area (TPSA) is 75.7 Å². The van der Waals surface area contributed by atoms with Crippen LogP contribution in [0.15, 0.2) is 48.5 Å². The zero-order chi connectivity index (χ0) is 30.6. The molecule has 0 unspecified atom stereocenters. The lowest BCUT2D eigenvalue weighted by atomic mass is 9.84. The van der Waals surface area contributed by atoms with Gasteiger partial charge in [0.2, 0.25) is 0 Å². The normalized spacial score (nSPS) is 13.4. The Bertz CT molecular complexity index is 1820. The molecule has 1 heterocycles. The molecule has 0 aromatic heterocycles. The summed E-state index contributed by atoms with van der Waals surface area (Å²) in [5.41, 5.74) is 2.63. The Morgan fingerprint density at radius 1 is 0.750 bits per heavy atom. The molecule has 5 aromatic rings. The predicted molar refractivity (Wildman–Crippen MR) is 179 cm³/mol. The van der Waals surface area contributed by atoms with Gasteiger partial charge in [-0.25, -0.2) is 5.06 Å². The Morgan fingerprint density at radius 3 is 2.00 bits per heavy atom. The molecule has 2 amide bonds. The van der Waals surface area contributed by atoms with Crippen molar-refractivity contribution in [3.63, 3.8) is 0 Å². The summed E-state index contributed by atoms with van der Waals surface area (Å²) in [5.74, 6) is -0.292. The van der Waals surface area contributed by atoms with Gasteiger partial charge in [0.15, 0.2) is 6.29 Å². The first kappa shape index (κ1) is 30.0. The molecule has 6 nitrogen and oxygen atoms in total. The monoisotopic (exact) mass is 590 g/mol. The average Bonchev–Trinajstić information content (AvgIpc) is 3.18. The molecule has 1 N–H and O–H groups in total. The van der Waals surface area contributed by atoms with Gasteiger partial charge in [-0.15, -0.1) is 0 Å². The van der Waals surface area contributed by atoms with Crippen molar-refractivity contribution in [3.05, 3.63) is 70.8 Å². The number of unbranched alkanes of at least 4 members (excludes halogenated alkanes) is 9. The third-order valence-electron chi connectivity index (χ3n) is 9.28. The average molecular weight is 591 g/mol. The maximum Gasteiger partial charge on any atom is 0.278 e. The molecule has 6 heteroatoms. The second-order valence-corrected chi connectivity index (χ2v) is 12.1. The van der Waals surface area contributed by atoms with Gasteiger partial charge in [0.05, 0.1) is 0 Å². The first-order valence-electron chi connectivity index (χ1n) is 16.5. The number of hydroxylamine groups is 2. The molecule has 228 valence electrons. The van der Waals surface area contributed by atoms with Crippen molar-refractivity contribution in [1.82, 2.24) is 10.4 Å². The van der Waals surface area contributed by atoms with E-state index < -0.39 is 0 Å². The number of nitrogens with one attached hydrogen (secondary N) is 1. The zero-order valence-corrected chi connectivity index (χ0v) is 26.0. The molecule has 1 aliphatic rings. The van der Waals surface area contributed by atoms with Gasteiger partial charge >= 0.3 is 0 Å². The number of rotatable bonds is 14. The van der Waals surface area contributed by atoms with Gasteiger partial charge in [0, 0.05) is 40.6 Å². The minimum Gasteiger partial charge on any atom is -0.352 e. The predicted octanol–water partition coefficient (Wildman–Crippen LogP) is 9.11. The van der Waals surface area contributed by atoms with Crippen molar-refractivity contribution >= 4 is 61.2 Å². The highest BCUT2D eigenvalue weighted by Gasteiger charge is 2.27. The zero-order valence-electron chi connectivity index (χ0n) is 26.0. The first-order chi connectivity index (χ1) is 21.6. The Kier molecular flexibility index (Phi) is 9.08. The van der Waals surface area contributed by atoms with Gasteiger partial charge in [-0.05, 0) is 63.4 Å². The fraction of sp³-hybridized carbons (Fsp3) is 0.395. The number of nitrogens with zero attached hydrogens (tertiary/aromatic N) is 1. The lowest BCUT2D eigenvalue weighted by Crippen LogP contribution is -2.30. The van der Waals surface area contributed by atoms with Crippen LogP contribution in [0.3, 0.4) is 0 Å². The van der Waals surface area contributed by atoms with Crippen molar-refractivity contribution in [2.45, 2.75) is 84.7 Å². The summed E-state index contributed by atoms with van der Waals surface area (Å²) >= 11 is 0. The van der Waals surface area contributed by atoms with Gasteiger partial charge in [0.25, 0.3) is 11.8 Å². The molecule has 6 rings (SSSR count). The number of carbonyl (C=O) groups is 3. The van der Waals surface area contributed by atoms with E-state index in [2.05, 4.69) is 24.4 Å². The van der Waals surface area contributed by atoms with E-state index >= 15 is 0 Å².